The van der Waals surface area contributed by atoms with Crippen molar-refractivity contribution in [3.8, 4) is 6.07 Å². The minimum Gasteiger partial charge on any atom is -0.347 e. The van der Waals surface area contributed by atoms with Crippen molar-refractivity contribution in [1.82, 2.24) is 5.32 Å². The Bertz CT molecular complexity index is 726. The van der Waals surface area contributed by atoms with E-state index in [0.717, 1.165) is 9.79 Å². The average molecular weight is 310 g/mol. The van der Waals surface area contributed by atoms with E-state index in [1.807, 2.05) is 57.2 Å². The molecule has 0 aromatic heterocycles. The fourth-order valence-electron chi connectivity index (χ4n) is 1.92. The van der Waals surface area contributed by atoms with Crippen LogP contribution in [0.2, 0.25) is 0 Å². The first-order valence-electron chi connectivity index (χ1n) is 6.99. The highest BCUT2D eigenvalue weighted by molar-refractivity contribution is 7.99. The Hall–Kier alpha value is -2.25. The Morgan fingerprint density at radius 1 is 1.05 bits per heavy atom. The number of hydrogen-bond donors (Lipinski definition) is 1. The normalized spacial score (nSPS) is 10.8. The van der Waals surface area contributed by atoms with Gasteiger partial charge in [-0.25, -0.2) is 0 Å². The lowest BCUT2D eigenvalue weighted by atomic mass is 10.1. The molecule has 0 fully saturated rings. The molecule has 0 bridgehead atoms. The summed E-state index contributed by atoms with van der Waals surface area (Å²) >= 11 is 1.44. The second-order valence-electron chi connectivity index (χ2n) is 5.91. The number of carbonyl (C=O) groups excluding carboxylic acids is 1. The smallest absolute Gasteiger partial charge is 0.252 e. The molecule has 22 heavy (non-hydrogen) atoms. The van der Waals surface area contributed by atoms with Crippen LogP contribution in [0.1, 0.15) is 36.7 Å². The molecule has 0 aliphatic rings. The van der Waals surface area contributed by atoms with Gasteiger partial charge >= 0.3 is 0 Å². The van der Waals surface area contributed by atoms with Gasteiger partial charge in [0, 0.05) is 15.3 Å². The van der Waals surface area contributed by atoms with Crippen molar-refractivity contribution in [1.29, 1.82) is 5.26 Å². The number of rotatable bonds is 3. The van der Waals surface area contributed by atoms with E-state index in [0.29, 0.717) is 11.1 Å². The Balaban J connectivity index is 2.33. The highest BCUT2D eigenvalue weighted by atomic mass is 32.2. The lowest BCUT2D eigenvalue weighted by Crippen LogP contribution is -2.40. The number of hydrogen-bond acceptors (Lipinski definition) is 3. The quantitative estimate of drug-likeness (QED) is 0.922. The minimum atomic E-state index is -0.292. The Morgan fingerprint density at radius 2 is 1.64 bits per heavy atom. The van der Waals surface area contributed by atoms with Crippen molar-refractivity contribution in [3.63, 3.8) is 0 Å². The molecule has 0 aliphatic heterocycles. The topological polar surface area (TPSA) is 52.9 Å². The first kappa shape index (κ1) is 16.1. The van der Waals surface area contributed by atoms with Crippen LogP contribution in [0.4, 0.5) is 0 Å². The Labute approximate surface area is 135 Å². The summed E-state index contributed by atoms with van der Waals surface area (Å²) in [6, 6.07) is 17.0. The second kappa shape index (κ2) is 6.67. The minimum absolute atomic E-state index is 0.106. The van der Waals surface area contributed by atoms with Crippen molar-refractivity contribution < 1.29 is 4.79 Å². The average Bonchev–Trinajstić information content (AvgIpc) is 2.46. The summed E-state index contributed by atoms with van der Waals surface area (Å²) in [7, 11) is 0. The Kier molecular flexibility index (Phi) is 4.89. The van der Waals surface area contributed by atoms with Crippen LogP contribution in [0, 0.1) is 11.3 Å². The molecule has 2 aromatic carbocycles. The third-order valence-corrected chi connectivity index (χ3v) is 4.00. The molecule has 0 heterocycles. The van der Waals surface area contributed by atoms with Gasteiger partial charge in [-0.15, -0.1) is 0 Å². The molecule has 4 heteroatoms. The maximum atomic E-state index is 12.4. The largest absolute Gasteiger partial charge is 0.347 e. The number of nitrogens with one attached hydrogen (secondary N) is 1. The summed E-state index contributed by atoms with van der Waals surface area (Å²) < 4.78 is 0. The summed E-state index contributed by atoms with van der Waals surface area (Å²) in [5.74, 6) is -0.106. The van der Waals surface area contributed by atoms with Gasteiger partial charge in [0.05, 0.1) is 11.1 Å². The molecule has 0 radical (unpaired) electrons. The van der Waals surface area contributed by atoms with Gasteiger partial charge in [0.2, 0.25) is 0 Å². The fraction of sp³-hybridized carbons (Fsp3) is 0.222. The number of nitrogens with zero attached hydrogens (tertiary/aromatic N) is 1. The zero-order valence-corrected chi connectivity index (χ0v) is 13.7. The molecule has 0 atom stereocenters. The monoisotopic (exact) mass is 310 g/mol. The van der Waals surface area contributed by atoms with Crippen LogP contribution in [0.15, 0.2) is 58.3 Å². The SMILES string of the molecule is CC(C)(C)NC(=O)c1ccccc1Sc1ccccc1C#N. The van der Waals surface area contributed by atoms with Crippen molar-refractivity contribution >= 4 is 17.7 Å². The molecule has 1 amide bonds. The maximum Gasteiger partial charge on any atom is 0.252 e. The summed E-state index contributed by atoms with van der Waals surface area (Å²) in [5.41, 5.74) is 0.938. The van der Waals surface area contributed by atoms with E-state index in [2.05, 4.69) is 11.4 Å². The molecule has 3 nitrogen and oxygen atoms in total. The fourth-order valence-corrected chi connectivity index (χ4v) is 2.94. The first-order valence-corrected chi connectivity index (χ1v) is 7.81. The Morgan fingerprint density at radius 3 is 2.27 bits per heavy atom. The van der Waals surface area contributed by atoms with E-state index in [9.17, 15) is 10.1 Å². The summed E-state index contributed by atoms with van der Waals surface area (Å²) in [4.78, 5) is 14.1. The number of amides is 1. The van der Waals surface area contributed by atoms with Crippen LogP contribution in [0.3, 0.4) is 0 Å². The van der Waals surface area contributed by atoms with Crippen molar-refractivity contribution in [2.75, 3.05) is 0 Å². The first-order chi connectivity index (χ1) is 10.4. The summed E-state index contributed by atoms with van der Waals surface area (Å²) in [6.45, 7) is 5.85. The van der Waals surface area contributed by atoms with Gasteiger partial charge in [0.25, 0.3) is 5.91 Å². The van der Waals surface area contributed by atoms with Crippen molar-refractivity contribution in [2.45, 2.75) is 36.1 Å². The van der Waals surface area contributed by atoms with Crippen LogP contribution in [-0.2, 0) is 0 Å². The van der Waals surface area contributed by atoms with Gasteiger partial charge in [-0.05, 0) is 45.0 Å². The van der Waals surface area contributed by atoms with Gasteiger partial charge < -0.3 is 5.32 Å². The predicted molar refractivity (Wildman–Crippen MR) is 88.9 cm³/mol. The van der Waals surface area contributed by atoms with Crippen LogP contribution < -0.4 is 5.32 Å². The number of nitriles is 1. The second-order valence-corrected chi connectivity index (χ2v) is 6.99. The van der Waals surface area contributed by atoms with E-state index < -0.39 is 0 Å². The standard InChI is InChI=1S/C18H18N2OS/c1-18(2,3)20-17(21)14-9-5-7-11-16(14)22-15-10-6-4-8-13(15)12-19/h4-11H,1-3H3,(H,20,21). The maximum absolute atomic E-state index is 12.4. The molecule has 0 saturated heterocycles. The van der Waals surface area contributed by atoms with E-state index in [1.165, 1.54) is 11.8 Å². The van der Waals surface area contributed by atoms with Gasteiger partial charge in [-0.1, -0.05) is 36.0 Å². The molecule has 2 rings (SSSR count). The highest BCUT2D eigenvalue weighted by Gasteiger charge is 2.18. The molecular formula is C18H18N2OS. The van der Waals surface area contributed by atoms with Crippen LogP contribution in [-0.4, -0.2) is 11.4 Å². The lowest BCUT2D eigenvalue weighted by molar-refractivity contribution is 0.0916. The molecule has 2 aromatic rings. The van der Waals surface area contributed by atoms with Crippen molar-refractivity contribution in [2.24, 2.45) is 0 Å². The molecule has 0 saturated carbocycles. The predicted octanol–water partition coefficient (Wildman–Crippen LogP) is 4.24. The zero-order chi connectivity index (χ0) is 16.2. The van der Waals surface area contributed by atoms with Crippen LogP contribution in [0.25, 0.3) is 0 Å². The molecule has 0 aliphatic carbocycles. The zero-order valence-electron chi connectivity index (χ0n) is 12.9. The van der Waals surface area contributed by atoms with Gasteiger partial charge in [-0.3, -0.25) is 4.79 Å². The van der Waals surface area contributed by atoms with Crippen molar-refractivity contribution in [3.05, 3.63) is 59.7 Å². The molecule has 0 spiro atoms. The van der Waals surface area contributed by atoms with Gasteiger partial charge in [-0.2, -0.15) is 5.26 Å². The van der Waals surface area contributed by atoms with Gasteiger partial charge in [0.15, 0.2) is 0 Å². The van der Waals surface area contributed by atoms with E-state index >= 15 is 0 Å². The van der Waals surface area contributed by atoms with Gasteiger partial charge in [0.1, 0.15) is 6.07 Å². The summed E-state index contributed by atoms with van der Waals surface area (Å²) in [5, 5.41) is 12.2. The van der Waals surface area contributed by atoms with Crippen LogP contribution >= 0.6 is 11.8 Å². The highest BCUT2D eigenvalue weighted by Crippen LogP contribution is 2.32. The number of carbonyl (C=O) groups is 1. The third-order valence-electron chi connectivity index (χ3n) is 2.85. The lowest BCUT2D eigenvalue weighted by Gasteiger charge is -2.21. The molecule has 0 unspecified atom stereocenters. The molecule has 112 valence electrons. The van der Waals surface area contributed by atoms with E-state index in [1.54, 1.807) is 12.1 Å². The van der Waals surface area contributed by atoms with Crippen LogP contribution in [0.5, 0.6) is 0 Å². The van der Waals surface area contributed by atoms with E-state index in [-0.39, 0.29) is 11.4 Å². The number of benzene rings is 2. The molecular weight excluding hydrogens is 292 g/mol. The third kappa shape index (κ3) is 4.12. The summed E-state index contributed by atoms with van der Waals surface area (Å²) in [6.07, 6.45) is 0. The molecule has 1 N–H and O–H groups in total. The van der Waals surface area contributed by atoms with E-state index in [4.69, 9.17) is 0 Å².